The molecule has 320 valence electrons. The van der Waals surface area contributed by atoms with Gasteiger partial charge in [-0.05, 0) is 25.2 Å². The van der Waals surface area contributed by atoms with Crippen LogP contribution >= 0.6 is 0 Å². The van der Waals surface area contributed by atoms with Crippen molar-refractivity contribution in [3.05, 3.63) is 0 Å². The molecule has 0 fully saturated rings. The van der Waals surface area contributed by atoms with Crippen LogP contribution in [-0.4, -0.2) is 37.2 Å². The summed E-state index contributed by atoms with van der Waals surface area (Å²) in [5.41, 5.74) is 0. The highest BCUT2D eigenvalue weighted by molar-refractivity contribution is 5.71. The van der Waals surface area contributed by atoms with Gasteiger partial charge in [0.25, 0.3) is 0 Å². The minimum absolute atomic E-state index is 0.0635. The van der Waals surface area contributed by atoms with Gasteiger partial charge in [0.05, 0.1) is 0 Å². The van der Waals surface area contributed by atoms with E-state index >= 15 is 0 Å². The summed E-state index contributed by atoms with van der Waals surface area (Å²) in [5.74, 6) is -0.0332. The third-order valence-corrected chi connectivity index (χ3v) is 10.8. The van der Waals surface area contributed by atoms with Crippen molar-refractivity contribution in [2.75, 3.05) is 13.2 Å². The zero-order chi connectivity index (χ0) is 39.6. The molecule has 0 spiro atoms. The zero-order valence-corrected chi connectivity index (χ0v) is 36.7. The molecule has 0 aromatic carbocycles. The second kappa shape index (κ2) is 42.6. The van der Waals surface area contributed by atoms with Crippen molar-refractivity contribution >= 4 is 17.9 Å². The second-order valence-corrected chi connectivity index (χ2v) is 16.9. The fraction of sp³-hybridized carbons (Fsp3) is 0.938. The number of carbonyl (C=O) groups is 3. The van der Waals surface area contributed by atoms with E-state index < -0.39 is 6.10 Å². The average molecular weight is 765 g/mol. The molecular formula is C48H92O6. The van der Waals surface area contributed by atoms with E-state index in [1.54, 1.807) is 0 Å². The number of carbonyl (C=O) groups excluding carboxylic acids is 3. The SMILES string of the molecule is CCCCCCCCCCCCCCCC(=O)O[C@H](COC(=O)CCCCCCCCCCCC)COC(=O)CCCCCCCCCCCCC(C)C. The summed E-state index contributed by atoms with van der Waals surface area (Å²) in [6.07, 6.45) is 42.2. The highest BCUT2D eigenvalue weighted by Crippen LogP contribution is 2.16. The van der Waals surface area contributed by atoms with Crippen molar-refractivity contribution in [3.63, 3.8) is 0 Å². The maximum atomic E-state index is 12.7. The molecule has 0 heterocycles. The molecule has 0 unspecified atom stereocenters. The first-order valence-corrected chi connectivity index (χ1v) is 23.9. The summed E-state index contributed by atoms with van der Waals surface area (Å²) >= 11 is 0. The van der Waals surface area contributed by atoms with Gasteiger partial charge in [-0.1, -0.05) is 227 Å². The third-order valence-electron chi connectivity index (χ3n) is 10.8. The van der Waals surface area contributed by atoms with E-state index in [0.29, 0.717) is 19.3 Å². The van der Waals surface area contributed by atoms with Crippen LogP contribution in [0.2, 0.25) is 0 Å². The normalized spacial score (nSPS) is 11.9. The Hall–Kier alpha value is -1.59. The van der Waals surface area contributed by atoms with Gasteiger partial charge in [-0.2, -0.15) is 0 Å². The lowest BCUT2D eigenvalue weighted by atomic mass is 10.0. The van der Waals surface area contributed by atoms with Gasteiger partial charge in [-0.3, -0.25) is 14.4 Å². The van der Waals surface area contributed by atoms with Gasteiger partial charge < -0.3 is 14.2 Å². The van der Waals surface area contributed by atoms with E-state index in [9.17, 15) is 14.4 Å². The fourth-order valence-corrected chi connectivity index (χ4v) is 7.16. The predicted molar refractivity (Wildman–Crippen MR) is 229 cm³/mol. The van der Waals surface area contributed by atoms with Gasteiger partial charge >= 0.3 is 17.9 Å². The van der Waals surface area contributed by atoms with E-state index in [-0.39, 0.29) is 31.1 Å². The number of ether oxygens (including phenoxy) is 3. The highest BCUT2D eigenvalue weighted by atomic mass is 16.6. The molecule has 0 aromatic heterocycles. The molecule has 1 atom stereocenters. The number of hydrogen-bond donors (Lipinski definition) is 0. The van der Waals surface area contributed by atoms with Crippen LogP contribution in [0.1, 0.15) is 265 Å². The molecule has 0 N–H and O–H groups in total. The molecule has 0 rings (SSSR count). The van der Waals surface area contributed by atoms with Crippen LogP contribution in [0.4, 0.5) is 0 Å². The summed E-state index contributed by atoms with van der Waals surface area (Å²) in [5, 5.41) is 0. The number of rotatable bonds is 43. The lowest BCUT2D eigenvalue weighted by Crippen LogP contribution is -2.30. The topological polar surface area (TPSA) is 78.9 Å². The minimum Gasteiger partial charge on any atom is -0.462 e. The van der Waals surface area contributed by atoms with Crippen molar-refractivity contribution < 1.29 is 28.6 Å². The molecule has 0 amide bonds. The van der Waals surface area contributed by atoms with Crippen LogP contribution < -0.4 is 0 Å². The number of unbranched alkanes of at least 4 members (excludes halogenated alkanes) is 30. The van der Waals surface area contributed by atoms with Crippen LogP contribution in [0.3, 0.4) is 0 Å². The van der Waals surface area contributed by atoms with Gasteiger partial charge in [0.15, 0.2) is 6.10 Å². The first-order chi connectivity index (χ1) is 26.4. The minimum atomic E-state index is -0.759. The van der Waals surface area contributed by atoms with E-state index in [4.69, 9.17) is 14.2 Å². The Morgan fingerprint density at radius 3 is 0.907 bits per heavy atom. The second-order valence-electron chi connectivity index (χ2n) is 16.9. The van der Waals surface area contributed by atoms with E-state index in [2.05, 4.69) is 27.7 Å². The molecule has 54 heavy (non-hydrogen) atoms. The third kappa shape index (κ3) is 41.6. The molecule has 0 aliphatic heterocycles. The molecule has 0 aliphatic carbocycles. The van der Waals surface area contributed by atoms with Crippen molar-refractivity contribution in [1.82, 2.24) is 0 Å². The number of esters is 3. The van der Waals surface area contributed by atoms with Gasteiger partial charge in [0.1, 0.15) is 13.2 Å². The highest BCUT2D eigenvalue weighted by Gasteiger charge is 2.19. The predicted octanol–water partition coefficient (Wildman–Crippen LogP) is 15.1. The quantitative estimate of drug-likeness (QED) is 0.0349. The summed E-state index contributed by atoms with van der Waals surface area (Å²) < 4.78 is 16.7. The van der Waals surface area contributed by atoms with E-state index in [0.717, 1.165) is 63.7 Å². The smallest absolute Gasteiger partial charge is 0.306 e. The lowest BCUT2D eigenvalue weighted by molar-refractivity contribution is -0.167. The van der Waals surface area contributed by atoms with Gasteiger partial charge in [0.2, 0.25) is 0 Å². The molecule has 0 bridgehead atoms. The number of hydrogen-bond acceptors (Lipinski definition) is 6. The Kier molecular flexibility index (Phi) is 41.3. The standard InChI is InChI=1S/C48H92O6/c1-5-7-9-11-13-15-17-18-19-25-29-33-37-41-48(51)54-45(42-52-46(49)39-35-31-27-23-16-14-12-10-8-6-2)43-53-47(50)40-36-32-28-24-21-20-22-26-30-34-38-44(3)4/h44-45H,5-43H2,1-4H3/t45-/m1/s1. The van der Waals surface area contributed by atoms with E-state index in [1.807, 2.05) is 0 Å². The maximum absolute atomic E-state index is 12.7. The Labute approximate surface area is 336 Å². The average Bonchev–Trinajstić information content (AvgIpc) is 3.15. The molecule has 0 aromatic rings. The molecule has 6 heteroatoms. The largest absolute Gasteiger partial charge is 0.462 e. The fourth-order valence-electron chi connectivity index (χ4n) is 7.16. The monoisotopic (exact) mass is 765 g/mol. The molecule has 6 nitrogen and oxygen atoms in total. The van der Waals surface area contributed by atoms with Crippen LogP contribution in [0.25, 0.3) is 0 Å². The van der Waals surface area contributed by atoms with Crippen LogP contribution in [0.15, 0.2) is 0 Å². The molecule has 0 saturated heterocycles. The molecule has 0 saturated carbocycles. The summed E-state index contributed by atoms with van der Waals surface area (Å²) in [7, 11) is 0. The zero-order valence-electron chi connectivity index (χ0n) is 36.7. The van der Waals surface area contributed by atoms with Crippen LogP contribution in [-0.2, 0) is 28.6 Å². The van der Waals surface area contributed by atoms with Gasteiger partial charge in [0, 0.05) is 19.3 Å². The first-order valence-electron chi connectivity index (χ1n) is 23.9. The van der Waals surface area contributed by atoms with Gasteiger partial charge in [-0.25, -0.2) is 0 Å². The van der Waals surface area contributed by atoms with Crippen LogP contribution in [0, 0.1) is 5.92 Å². The van der Waals surface area contributed by atoms with E-state index in [1.165, 1.54) is 161 Å². The Morgan fingerprint density at radius 2 is 0.611 bits per heavy atom. The summed E-state index contributed by atoms with van der Waals surface area (Å²) in [6.45, 7) is 8.98. The van der Waals surface area contributed by atoms with Crippen molar-refractivity contribution in [3.8, 4) is 0 Å². The lowest BCUT2D eigenvalue weighted by Gasteiger charge is -2.18. The Morgan fingerprint density at radius 1 is 0.352 bits per heavy atom. The Bertz CT molecular complexity index is 811. The first kappa shape index (κ1) is 52.4. The van der Waals surface area contributed by atoms with Crippen molar-refractivity contribution in [1.29, 1.82) is 0 Å². The Balaban J connectivity index is 4.32. The molecular weight excluding hydrogens is 673 g/mol. The van der Waals surface area contributed by atoms with Crippen molar-refractivity contribution in [2.45, 2.75) is 271 Å². The summed E-state index contributed by atoms with van der Waals surface area (Å²) in [4.78, 5) is 37.7. The van der Waals surface area contributed by atoms with Crippen molar-refractivity contribution in [2.24, 2.45) is 5.92 Å². The molecule has 0 aliphatic rings. The maximum Gasteiger partial charge on any atom is 0.306 e. The van der Waals surface area contributed by atoms with Crippen LogP contribution in [0.5, 0.6) is 0 Å². The molecule has 0 radical (unpaired) electrons. The summed E-state index contributed by atoms with van der Waals surface area (Å²) in [6, 6.07) is 0. The van der Waals surface area contributed by atoms with Gasteiger partial charge in [-0.15, -0.1) is 0 Å².